The summed E-state index contributed by atoms with van der Waals surface area (Å²) in [5.74, 6) is 0. The maximum atomic E-state index is 10.7. The fourth-order valence-electron chi connectivity index (χ4n) is 0.508. The summed E-state index contributed by atoms with van der Waals surface area (Å²) >= 11 is 0. The van der Waals surface area contributed by atoms with Crippen molar-refractivity contribution >= 4 is 16.4 Å². The summed E-state index contributed by atoms with van der Waals surface area (Å²) in [6.07, 6.45) is 1.79. The van der Waals surface area contributed by atoms with Gasteiger partial charge >= 0.3 is 0 Å². The Hall–Kier alpha value is -0.620. The average molecular weight is 165 g/mol. The molecule has 0 amide bonds. The van der Waals surface area contributed by atoms with Gasteiger partial charge in [-0.25, -0.2) is 13.4 Å². The monoisotopic (exact) mass is 165 g/mol. The van der Waals surface area contributed by atoms with Crippen molar-refractivity contribution in [2.75, 3.05) is 20.4 Å². The van der Waals surface area contributed by atoms with Gasteiger partial charge in [0, 0.05) is 14.1 Å². The highest BCUT2D eigenvalue weighted by atomic mass is 32.2. The Morgan fingerprint density at radius 2 is 1.80 bits per heavy atom. The minimum absolute atomic E-state index is 0.745. The van der Waals surface area contributed by atoms with Gasteiger partial charge in [0.1, 0.15) is 6.34 Å². The van der Waals surface area contributed by atoms with Crippen LogP contribution in [0.1, 0.15) is 0 Å². The molecule has 0 aliphatic rings. The molecule has 0 aromatic heterocycles. The highest BCUT2D eigenvalue weighted by Gasteiger charge is 2.13. The van der Waals surface area contributed by atoms with Crippen LogP contribution >= 0.6 is 0 Å². The van der Waals surface area contributed by atoms with Gasteiger partial charge in [-0.1, -0.05) is 0 Å². The second kappa shape index (κ2) is 2.98. The zero-order valence-corrected chi connectivity index (χ0v) is 7.01. The lowest BCUT2D eigenvalue weighted by molar-refractivity contribution is 0.217. The SMILES string of the molecule is CN(C)N(C=N)S(C)(=O)=O. The Kier molecular flexibility index (Phi) is 2.79. The third kappa shape index (κ3) is 2.32. The van der Waals surface area contributed by atoms with Crippen LogP contribution in [0.5, 0.6) is 0 Å². The van der Waals surface area contributed by atoms with Gasteiger partial charge in [0.05, 0.1) is 6.26 Å². The smallest absolute Gasteiger partial charge is 0.246 e. The summed E-state index contributed by atoms with van der Waals surface area (Å²) in [5, 5.41) is 8.03. The number of nitrogens with one attached hydrogen (secondary N) is 1. The number of rotatable bonds is 3. The first-order valence-electron chi connectivity index (χ1n) is 2.57. The van der Waals surface area contributed by atoms with Crippen LogP contribution in [0.4, 0.5) is 0 Å². The maximum absolute atomic E-state index is 10.7. The fraction of sp³-hybridized carbons (Fsp3) is 0.750. The lowest BCUT2D eigenvalue weighted by atomic mass is 11.1. The van der Waals surface area contributed by atoms with E-state index in [9.17, 15) is 8.42 Å². The molecule has 0 rings (SSSR count). The summed E-state index contributed by atoms with van der Waals surface area (Å²) in [6.45, 7) is 0. The molecular weight excluding hydrogens is 154 g/mol. The summed E-state index contributed by atoms with van der Waals surface area (Å²) in [4.78, 5) is 0. The highest BCUT2D eigenvalue weighted by Crippen LogP contribution is 1.94. The van der Waals surface area contributed by atoms with Gasteiger partial charge in [-0.3, -0.25) is 5.41 Å². The van der Waals surface area contributed by atoms with Crippen LogP contribution in [-0.2, 0) is 10.0 Å². The van der Waals surface area contributed by atoms with Crippen LogP contribution in [0.3, 0.4) is 0 Å². The second-order valence-corrected chi connectivity index (χ2v) is 3.85. The average Bonchev–Trinajstić information content (AvgIpc) is 1.60. The molecule has 5 nitrogen and oxygen atoms in total. The Balaban J connectivity index is 4.54. The Bertz CT molecular complexity index is 209. The predicted molar refractivity (Wildman–Crippen MR) is 39.2 cm³/mol. The van der Waals surface area contributed by atoms with E-state index in [1.54, 1.807) is 14.1 Å². The first-order valence-corrected chi connectivity index (χ1v) is 4.41. The molecule has 0 heterocycles. The molecule has 0 aliphatic heterocycles. The quantitative estimate of drug-likeness (QED) is 0.343. The van der Waals surface area contributed by atoms with Gasteiger partial charge < -0.3 is 0 Å². The molecule has 0 aromatic rings. The van der Waals surface area contributed by atoms with Crippen molar-refractivity contribution in [3.63, 3.8) is 0 Å². The molecule has 0 unspecified atom stereocenters. The van der Waals surface area contributed by atoms with Crippen LogP contribution < -0.4 is 0 Å². The number of sulfonamides is 1. The molecular formula is C4H11N3O2S. The van der Waals surface area contributed by atoms with E-state index in [2.05, 4.69) is 0 Å². The van der Waals surface area contributed by atoms with Gasteiger partial charge in [0.15, 0.2) is 0 Å². The van der Waals surface area contributed by atoms with E-state index in [-0.39, 0.29) is 0 Å². The van der Waals surface area contributed by atoms with E-state index in [4.69, 9.17) is 5.41 Å². The summed E-state index contributed by atoms with van der Waals surface area (Å²) in [6, 6.07) is 0. The topological polar surface area (TPSA) is 64.5 Å². The van der Waals surface area contributed by atoms with Gasteiger partial charge in [-0.15, -0.1) is 0 Å². The van der Waals surface area contributed by atoms with E-state index in [1.165, 1.54) is 5.01 Å². The Morgan fingerprint density at radius 1 is 1.40 bits per heavy atom. The van der Waals surface area contributed by atoms with E-state index >= 15 is 0 Å². The third-order valence-corrected chi connectivity index (χ3v) is 1.96. The first-order chi connectivity index (χ1) is 4.39. The summed E-state index contributed by atoms with van der Waals surface area (Å²) in [7, 11) is -0.203. The molecule has 10 heavy (non-hydrogen) atoms. The van der Waals surface area contributed by atoms with Crippen molar-refractivity contribution in [2.24, 2.45) is 0 Å². The van der Waals surface area contributed by atoms with Gasteiger partial charge in [0.2, 0.25) is 10.0 Å². The molecule has 0 aromatic carbocycles. The van der Waals surface area contributed by atoms with E-state index in [0.717, 1.165) is 17.0 Å². The lowest BCUT2D eigenvalue weighted by Crippen LogP contribution is -2.39. The number of nitrogens with zero attached hydrogens (tertiary/aromatic N) is 2. The number of hydrogen-bond acceptors (Lipinski definition) is 4. The lowest BCUT2D eigenvalue weighted by Gasteiger charge is -2.22. The van der Waals surface area contributed by atoms with Crippen molar-refractivity contribution in [3.8, 4) is 0 Å². The van der Waals surface area contributed by atoms with Crippen molar-refractivity contribution in [3.05, 3.63) is 0 Å². The zero-order valence-electron chi connectivity index (χ0n) is 6.20. The number of hydrogen-bond donors (Lipinski definition) is 1. The molecule has 0 bridgehead atoms. The Morgan fingerprint density at radius 3 is 1.80 bits per heavy atom. The zero-order chi connectivity index (χ0) is 8.36. The first kappa shape index (κ1) is 9.38. The molecule has 0 fully saturated rings. The molecule has 0 spiro atoms. The normalized spacial score (nSPS) is 11.6. The minimum atomic E-state index is -3.30. The van der Waals surface area contributed by atoms with Crippen LogP contribution in [-0.4, -0.2) is 44.5 Å². The molecule has 0 atom stereocenters. The maximum Gasteiger partial charge on any atom is 0.246 e. The van der Waals surface area contributed by atoms with Crippen LogP contribution in [0.2, 0.25) is 0 Å². The summed E-state index contributed by atoms with van der Waals surface area (Å²) < 4.78 is 22.3. The summed E-state index contributed by atoms with van der Waals surface area (Å²) in [5.41, 5.74) is 0. The standard InChI is InChI=1S/C4H11N3O2S/c1-6(2)7(4-5)10(3,8)9/h4-5H,1-3H3. The largest absolute Gasteiger partial charge is 0.289 e. The van der Waals surface area contributed by atoms with Crippen LogP contribution in [0.15, 0.2) is 0 Å². The highest BCUT2D eigenvalue weighted by molar-refractivity contribution is 7.88. The molecule has 0 saturated heterocycles. The van der Waals surface area contributed by atoms with Gasteiger partial charge in [-0.2, -0.15) is 4.41 Å². The van der Waals surface area contributed by atoms with Crippen molar-refractivity contribution in [1.29, 1.82) is 5.41 Å². The molecule has 0 saturated carbocycles. The van der Waals surface area contributed by atoms with Crippen molar-refractivity contribution < 1.29 is 8.42 Å². The van der Waals surface area contributed by atoms with E-state index in [0.29, 0.717) is 0 Å². The molecule has 0 radical (unpaired) electrons. The minimum Gasteiger partial charge on any atom is -0.289 e. The van der Waals surface area contributed by atoms with Crippen molar-refractivity contribution in [2.45, 2.75) is 0 Å². The molecule has 60 valence electrons. The van der Waals surface area contributed by atoms with Crippen molar-refractivity contribution in [1.82, 2.24) is 9.42 Å². The van der Waals surface area contributed by atoms with E-state index in [1.807, 2.05) is 0 Å². The predicted octanol–water partition coefficient (Wildman–Crippen LogP) is -0.668. The van der Waals surface area contributed by atoms with E-state index < -0.39 is 10.0 Å². The van der Waals surface area contributed by atoms with Crippen LogP contribution in [0, 0.1) is 5.41 Å². The van der Waals surface area contributed by atoms with Gasteiger partial charge in [0.25, 0.3) is 0 Å². The molecule has 1 N–H and O–H groups in total. The number of hydrazine groups is 1. The molecule has 0 aliphatic carbocycles. The Labute approximate surface area is 60.8 Å². The van der Waals surface area contributed by atoms with Crippen LogP contribution in [0.25, 0.3) is 0 Å². The second-order valence-electron chi connectivity index (χ2n) is 2.01. The van der Waals surface area contributed by atoms with Gasteiger partial charge in [-0.05, 0) is 0 Å². The third-order valence-electron chi connectivity index (χ3n) is 0.844. The molecule has 6 heteroatoms. The fourth-order valence-corrected chi connectivity index (χ4v) is 1.29.